The van der Waals surface area contributed by atoms with Crippen molar-refractivity contribution in [1.82, 2.24) is 10.2 Å². The van der Waals surface area contributed by atoms with E-state index in [4.69, 9.17) is 21.1 Å². The molecule has 4 aliphatic rings. The Morgan fingerprint density at radius 1 is 1.15 bits per heavy atom. The zero-order valence-electron chi connectivity index (χ0n) is 19.7. The predicted molar refractivity (Wildman–Crippen MR) is 131 cm³/mol. The number of halogens is 1. The molecule has 2 aromatic carbocycles. The summed E-state index contributed by atoms with van der Waals surface area (Å²) in [7, 11) is 0. The number of amides is 1. The molecule has 33 heavy (non-hydrogen) atoms. The standard InChI is InChI=1S/C27H33ClN2O3/c1-4-32-23-8-6-19(14-22(23)28)18-5-7-21-20(13-18)15-27(2,3)25(21)29-26(31)33-24-16-30-11-9-17(24)10-12-30/h5-8,13-14,17,24-25H,4,9-12,15-16H2,1-3H3,(H,29,31)/t24-,25-/m0/s1. The molecule has 0 spiro atoms. The van der Waals surface area contributed by atoms with E-state index in [2.05, 4.69) is 42.3 Å². The summed E-state index contributed by atoms with van der Waals surface area (Å²) < 4.78 is 11.5. The monoisotopic (exact) mass is 468 g/mol. The molecular formula is C27H33ClN2O3. The zero-order valence-corrected chi connectivity index (χ0v) is 20.5. The highest BCUT2D eigenvalue weighted by Gasteiger charge is 2.42. The average molecular weight is 469 g/mol. The number of nitrogens with one attached hydrogen (secondary N) is 1. The van der Waals surface area contributed by atoms with E-state index in [0.717, 1.165) is 50.0 Å². The minimum Gasteiger partial charge on any atom is -0.492 e. The summed E-state index contributed by atoms with van der Waals surface area (Å²) in [6.07, 6.45) is 2.89. The van der Waals surface area contributed by atoms with E-state index in [1.54, 1.807) is 0 Å². The molecule has 176 valence electrons. The van der Waals surface area contributed by atoms with Gasteiger partial charge in [-0.1, -0.05) is 49.7 Å². The lowest BCUT2D eigenvalue weighted by atomic mass is 9.85. The van der Waals surface area contributed by atoms with Gasteiger partial charge in [-0.05, 0) is 85.0 Å². The van der Waals surface area contributed by atoms with Gasteiger partial charge in [0.1, 0.15) is 11.9 Å². The fourth-order valence-corrected chi connectivity index (χ4v) is 6.03. The number of alkyl carbamates (subject to hydrolysis) is 1. The highest BCUT2D eigenvalue weighted by atomic mass is 35.5. The molecule has 0 unspecified atom stereocenters. The van der Waals surface area contributed by atoms with E-state index >= 15 is 0 Å². The van der Waals surface area contributed by atoms with Gasteiger partial charge in [0, 0.05) is 6.54 Å². The van der Waals surface area contributed by atoms with Gasteiger partial charge in [-0.3, -0.25) is 4.90 Å². The Morgan fingerprint density at radius 2 is 1.88 bits per heavy atom. The predicted octanol–water partition coefficient (Wildman–Crippen LogP) is 5.85. The summed E-state index contributed by atoms with van der Waals surface area (Å²) in [4.78, 5) is 15.3. The number of carbonyl (C=O) groups is 1. The molecule has 2 aromatic rings. The van der Waals surface area contributed by atoms with Crippen LogP contribution >= 0.6 is 11.6 Å². The SMILES string of the molecule is CCOc1ccc(-c2ccc3c(c2)CC(C)(C)[C@H]3NC(=O)O[C@H]2CN3CCC2CC3)cc1Cl. The van der Waals surface area contributed by atoms with Crippen LogP contribution in [-0.2, 0) is 11.2 Å². The van der Waals surface area contributed by atoms with Gasteiger partial charge in [-0.15, -0.1) is 0 Å². The van der Waals surface area contributed by atoms with Crippen molar-refractivity contribution in [2.75, 3.05) is 26.2 Å². The molecule has 0 radical (unpaired) electrons. The summed E-state index contributed by atoms with van der Waals surface area (Å²) in [6.45, 7) is 10.1. The quantitative estimate of drug-likeness (QED) is 0.598. The fourth-order valence-electron chi connectivity index (χ4n) is 5.79. The smallest absolute Gasteiger partial charge is 0.407 e. The molecule has 1 amide bonds. The van der Waals surface area contributed by atoms with E-state index in [9.17, 15) is 4.79 Å². The number of rotatable bonds is 5. The first-order chi connectivity index (χ1) is 15.8. The van der Waals surface area contributed by atoms with Gasteiger partial charge in [0.2, 0.25) is 0 Å². The lowest BCUT2D eigenvalue weighted by Crippen LogP contribution is -2.53. The molecule has 3 fully saturated rings. The van der Waals surface area contributed by atoms with Gasteiger partial charge in [0.25, 0.3) is 0 Å². The van der Waals surface area contributed by atoms with Crippen molar-refractivity contribution in [3.63, 3.8) is 0 Å². The zero-order chi connectivity index (χ0) is 23.2. The third kappa shape index (κ3) is 4.45. The van der Waals surface area contributed by atoms with Gasteiger partial charge in [-0.25, -0.2) is 4.79 Å². The molecule has 3 aliphatic heterocycles. The number of benzene rings is 2. The highest BCUT2D eigenvalue weighted by molar-refractivity contribution is 6.32. The van der Waals surface area contributed by atoms with Gasteiger partial charge in [0.15, 0.2) is 0 Å². The minimum atomic E-state index is -0.290. The van der Waals surface area contributed by atoms with Crippen LogP contribution < -0.4 is 10.1 Å². The number of ether oxygens (including phenoxy) is 2. The molecule has 0 saturated carbocycles. The van der Waals surface area contributed by atoms with Crippen LogP contribution in [0.4, 0.5) is 4.79 Å². The van der Waals surface area contributed by atoms with Crippen LogP contribution in [0.3, 0.4) is 0 Å². The number of carbonyl (C=O) groups excluding carboxylic acids is 1. The minimum absolute atomic E-state index is 0.0169. The van der Waals surface area contributed by atoms with E-state index in [0.29, 0.717) is 23.3 Å². The summed E-state index contributed by atoms with van der Waals surface area (Å²) in [5.74, 6) is 1.21. The van der Waals surface area contributed by atoms with Crippen molar-refractivity contribution in [3.8, 4) is 16.9 Å². The maximum Gasteiger partial charge on any atom is 0.407 e. The third-order valence-electron chi connectivity index (χ3n) is 7.56. The number of piperidine rings is 3. The highest BCUT2D eigenvalue weighted by Crippen LogP contribution is 2.46. The van der Waals surface area contributed by atoms with Crippen molar-refractivity contribution >= 4 is 17.7 Å². The van der Waals surface area contributed by atoms with E-state index in [1.807, 2.05) is 25.1 Å². The van der Waals surface area contributed by atoms with Crippen molar-refractivity contribution in [2.24, 2.45) is 11.3 Å². The third-order valence-corrected chi connectivity index (χ3v) is 7.86. The lowest BCUT2D eigenvalue weighted by molar-refractivity contribution is -0.0348. The van der Waals surface area contributed by atoms with Crippen molar-refractivity contribution < 1.29 is 14.3 Å². The first kappa shape index (κ1) is 22.5. The summed E-state index contributed by atoms with van der Waals surface area (Å²) in [5, 5.41) is 3.82. The van der Waals surface area contributed by atoms with Crippen molar-refractivity contribution in [2.45, 2.75) is 52.2 Å². The van der Waals surface area contributed by atoms with Gasteiger partial charge in [-0.2, -0.15) is 0 Å². The first-order valence-corrected chi connectivity index (χ1v) is 12.5. The molecule has 2 bridgehead atoms. The Labute approximate surface area is 201 Å². The fraction of sp³-hybridized carbons (Fsp3) is 0.519. The number of hydrogen-bond donors (Lipinski definition) is 1. The summed E-state index contributed by atoms with van der Waals surface area (Å²) in [5.41, 5.74) is 4.51. The first-order valence-electron chi connectivity index (χ1n) is 12.1. The Bertz CT molecular complexity index is 1050. The van der Waals surface area contributed by atoms with Crippen LogP contribution in [0.1, 0.15) is 50.8 Å². The van der Waals surface area contributed by atoms with Crippen LogP contribution in [0.25, 0.3) is 11.1 Å². The summed E-state index contributed by atoms with van der Waals surface area (Å²) in [6, 6.07) is 12.3. The maximum atomic E-state index is 12.9. The Morgan fingerprint density at radius 3 is 2.55 bits per heavy atom. The van der Waals surface area contributed by atoms with Crippen LogP contribution in [0.2, 0.25) is 5.02 Å². The molecule has 1 N–H and O–H groups in total. The second kappa shape index (κ2) is 8.84. The van der Waals surface area contributed by atoms with E-state index < -0.39 is 0 Å². The largest absolute Gasteiger partial charge is 0.492 e. The van der Waals surface area contributed by atoms with Gasteiger partial charge in [0.05, 0.1) is 17.7 Å². The molecule has 3 saturated heterocycles. The van der Waals surface area contributed by atoms with Gasteiger partial charge < -0.3 is 14.8 Å². The van der Waals surface area contributed by atoms with Crippen molar-refractivity contribution in [3.05, 3.63) is 52.5 Å². The second-order valence-electron chi connectivity index (χ2n) is 10.3. The van der Waals surface area contributed by atoms with Crippen LogP contribution in [0.5, 0.6) is 5.75 Å². The Kier molecular flexibility index (Phi) is 6.04. The number of fused-ring (bicyclic) bond motifs is 4. The molecule has 3 heterocycles. The molecule has 6 rings (SSSR count). The van der Waals surface area contributed by atoms with Gasteiger partial charge >= 0.3 is 6.09 Å². The summed E-state index contributed by atoms with van der Waals surface area (Å²) >= 11 is 6.42. The molecule has 6 heteroatoms. The van der Waals surface area contributed by atoms with Crippen LogP contribution in [0.15, 0.2) is 36.4 Å². The molecule has 0 aromatic heterocycles. The van der Waals surface area contributed by atoms with E-state index in [-0.39, 0.29) is 23.7 Å². The molecule has 2 atom stereocenters. The Hall–Kier alpha value is -2.24. The molecular weight excluding hydrogens is 436 g/mol. The van der Waals surface area contributed by atoms with Crippen molar-refractivity contribution in [1.29, 1.82) is 0 Å². The topological polar surface area (TPSA) is 50.8 Å². The van der Waals surface area contributed by atoms with Crippen LogP contribution in [-0.4, -0.2) is 43.3 Å². The second-order valence-corrected chi connectivity index (χ2v) is 10.7. The number of hydrogen-bond acceptors (Lipinski definition) is 4. The molecule has 5 nitrogen and oxygen atoms in total. The Balaban J connectivity index is 1.32. The number of nitrogens with zero attached hydrogens (tertiary/aromatic N) is 1. The maximum absolute atomic E-state index is 12.9. The lowest BCUT2D eigenvalue weighted by Gasteiger charge is -2.44. The van der Waals surface area contributed by atoms with Crippen LogP contribution in [0, 0.1) is 11.3 Å². The van der Waals surface area contributed by atoms with E-state index in [1.165, 1.54) is 11.1 Å². The normalized spacial score (nSPS) is 27.2. The molecule has 1 aliphatic carbocycles. The average Bonchev–Trinajstić information content (AvgIpc) is 3.04.